The van der Waals surface area contributed by atoms with E-state index in [1.165, 1.54) is 27.7 Å². The Morgan fingerprint density at radius 2 is 1.49 bits per heavy atom. The number of nitrogens with two attached hydrogens (primary N) is 5. The van der Waals surface area contributed by atoms with Crippen LogP contribution in [0.15, 0.2) is 73.0 Å². The Balaban J connectivity index is 1.13. The number of aliphatic hydroxyl groups is 1. The molecule has 2 unspecified atom stereocenters. The van der Waals surface area contributed by atoms with Crippen molar-refractivity contribution in [3.05, 3.63) is 68.8 Å². The summed E-state index contributed by atoms with van der Waals surface area (Å²) in [5, 5.41) is 43.3. The molecule has 1 aromatic heterocycles. The number of allylic oxidation sites excluding steroid dienone is 6. The number of nitroso groups, excluding NO2 is 1. The molecule has 0 spiro atoms. The van der Waals surface area contributed by atoms with Gasteiger partial charge in [-0.05, 0) is 121 Å². The van der Waals surface area contributed by atoms with Gasteiger partial charge >= 0.3 is 13.9 Å². The first kappa shape index (κ1) is 73.9. The third-order valence-electron chi connectivity index (χ3n) is 21.8. The van der Waals surface area contributed by atoms with Gasteiger partial charge in [0.15, 0.2) is 6.23 Å². The normalized spacial score (nSPS) is 32.0. The zero-order chi connectivity index (χ0) is 72.3. The first-order valence-electron chi connectivity index (χ1n) is 32.8. The van der Waals surface area contributed by atoms with Crippen LogP contribution in [0.5, 0.6) is 0 Å². The van der Waals surface area contributed by atoms with Crippen molar-refractivity contribution in [3.8, 4) is 0 Å². The first-order chi connectivity index (χ1) is 45.7. The van der Waals surface area contributed by atoms with Gasteiger partial charge in [-0.1, -0.05) is 27.7 Å². The number of carbonyl (C=O) groups excluding carboxylic acids is 7. The van der Waals surface area contributed by atoms with Crippen LogP contribution in [0.1, 0.15) is 137 Å². The lowest BCUT2D eigenvalue weighted by atomic mass is 9.56. The minimum Gasteiger partial charge on any atom is -0.862 e. The molecule has 9 rings (SSSR count). The molecule has 98 heavy (non-hydrogen) atoms. The highest BCUT2D eigenvalue weighted by Crippen LogP contribution is 2.62. The van der Waals surface area contributed by atoms with Crippen molar-refractivity contribution in [2.75, 3.05) is 39.3 Å². The Kier molecular flexibility index (Phi) is 21.0. The van der Waals surface area contributed by atoms with E-state index in [0.717, 1.165) is 11.1 Å². The van der Waals surface area contributed by atoms with E-state index in [9.17, 15) is 53.3 Å². The summed E-state index contributed by atoms with van der Waals surface area (Å²) in [6.45, 7) is 18.6. The molecule has 1 aromatic carbocycles. The molecule has 15 N–H and O–H groups in total. The topological polar surface area (TPSA) is 506 Å². The molecule has 8 heterocycles. The standard InChI is InChI=1S/C65H93N16O16P/c1-31-22-41-42(23-32(31)2)81(30-73-41)58-53(88)54(43(95-58)29-94-60(90)79-18-20-80(78-91)21-19-79)97-98(92,93)96-33(3)28-72-59(89)64(10)39(24-48(69)85)57-65(11)63(9,27-50(71)87)38(14-17-47(68)84)52(77-65)35(5)55-62(8,26-49(70)86)36(12-15-45(66)82)40(74-55)25-44-61(6,7)37(13-16-46(67)83)51(75-44)34(4)56(64)76-57/h22-23,25,30,33,36-39,43,53-54,57-58,74,88H,12-21,24,26-29H2,1-11H3,(H2,66,82)(H2,67,83)(H2,68,84)(H2,69,85)(H2,70,86)(H2,71,87)(H,72,89)(H,92,93)/p-1/b40-25?,51-34?,55-35-/t33-,36+,37-,38-,39+,43-,53-,54-,57-,58?,62+,63+,64-,65+/m1/s1. The van der Waals surface area contributed by atoms with Crippen molar-refractivity contribution in [1.29, 1.82) is 5.41 Å². The number of phosphoric acid groups is 1. The number of primary amides is 5. The minimum atomic E-state index is -5.36. The van der Waals surface area contributed by atoms with Crippen LogP contribution in [-0.4, -0.2) is 169 Å². The van der Waals surface area contributed by atoms with Crippen molar-refractivity contribution in [1.82, 2.24) is 30.1 Å². The number of hydrogen-bond acceptors (Lipinski definition) is 22. The largest absolute Gasteiger partial charge is 0.862 e. The van der Waals surface area contributed by atoms with Crippen LogP contribution in [0.25, 0.3) is 11.0 Å². The van der Waals surface area contributed by atoms with E-state index < -0.39 is 169 Å². The molecule has 3 fully saturated rings. The molecule has 0 saturated carbocycles. The van der Waals surface area contributed by atoms with Gasteiger partial charge in [0.1, 0.15) is 24.9 Å². The lowest BCUT2D eigenvalue weighted by molar-refractivity contribution is -0.220. The van der Waals surface area contributed by atoms with Crippen LogP contribution in [0.4, 0.5) is 4.79 Å². The Morgan fingerprint density at radius 3 is 2.09 bits per heavy atom. The molecule has 32 nitrogen and oxygen atoms in total. The predicted molar refractivity (Wildman–Crippen MR) is 356 cm³/mol. The number of nitrogens with one attached hydrogen (secondary N) is 3. The second-order valence-corrected chi connectivity index (χ2v) is 30.0. The van der Waals surface area contributed by atoms with E-state index in [-0.39, 0.29) is 76.8 Å². The number of aliphatic hydroxyl groups excluding tert-OH is 1. The van der Waals surface area contributed by atoms with Crippen molar-refractivity contribution < 1.29 is 71.8 Å². The average molecular weight is 1380 g/mol. The molecule has 534 valence electrons. The van der Waals surface area contributed by atoms with Gasteiger partial charge in [0.25, 0.3) is 0 Å². The van der Waals surface area contributed by atoms with Crippen LogP contribution >= 0.6 is 7.82 Å². The summed E-state index contributed by atoms with van der Waals surface area (Å²) in [5.41, 5.74) is 28.9. The van der Waals surface area contributed by atoms with Gasteiger partial charge in [-0.3, -0.25) is 57.8 Å². The van der Waals surface area contributed by atoms with Gasteiger partial charge in [0, 0.05) is 120 Å². The van der Waals surface area contributed by atoms with Gasteiger partial charge in [0.2, 0.25) is 35.4 Å². The quantitative estimate of drug-likeness (QED) is 0.0280. The van der Waals surface area contributed by atoms with Crippen LogP contribution in [-0.2, 0) is 51.9 Å². The SMILES string of the molecule is CC1=C2N=C(C=C3N/C(=C(/C)C4=N[C@@](C)([C@@H]5N=C1[C@](C)(C(=O)NC[C@@H](C)OP(=O)(O)O[C@@H]1[C@@H](COC(=O)N6CCN(N=O)CC6)OC(n6cnc7cc(C)c(C)cc76)[C@@H]1O)[C@H]5CC(N)=O)[C@@](C)(CC(N)=O)[C@@H]4CCC(N)=O)[C@@](C)(CC(N)=O)[C@H]3CCC(=N)[O-])C(C)(C)[C@@H]2CCC(N)=O. The van der Waals surface area contributed by atoms with Crippen LogP contribution < -0.4 is 44.4 Å². The van der Waals surface area contributed by atoms with Crippen LogP contribution in [0, 0.1) is 69.5 Å². The Labute approximate surface area is 567 Å². The second kappa shape index (κ2) is 27.8. The van der Waals surface area contributed by atoms with Crippen LogP contribution in [0.2, 0.25) is 0 Å². The van der Waals surface area contributed by atoms with Crippen LogP contribution in [0.3, 0.4) is 0 Å². The summed E-state index contributed by atoms with van der Waals surface area (Å²) in [5.74, 6) is -8.83. The summed E-state index contributed by atoms with van der Waals surface area (Å²) in [4.78, 5) is 141. The zero-order valence-electron chi connectivity index (χ0n) is 57.2. The van der Waals surface area contributed by atoms with E-state index in [4.69, 9.17) is 67.6 Å². The lowest BCUT2D eigenvalue weighted by Gasteiger charge is -2.48. The number of hydrogen-bond donors (Lipinski definition) is 10. The molecule has 0 radical (unpaired) electrons. The number of carbonyl (C=O) groups is 7. The Hall–Kier alpha value is -8.29. The van der Waals surface area contributed by atoms with Gasteiger partial charge in [0.05, 0.1) is 64.5 Å². The minimum absolute atomic E-state index is 0.0133. The summed E-state index contributed by atoms with van der Waals surface area (Å²) in [6.07, 6.45) is -6.76. The maximum atomic E-state index is 16.0. The van der Waals surface area contributed by atoms with Crippen molar-refractivity contribution >= 4 is 83.4 Å². The number of benzene rings is 1. The summed E-state index contributed by atoms with van der Waals surface area (Å²) in [7, 11) is -5.36. The molecule has 0 aliphatic carbocycles. The number of nitrogens with zero attached hydrogens (tertiary/aromatic N) is 8. The van der Waals surface area contributed by atoms with E-state index in [0.29, 0.717) is 50.7 Å². The lowest BCUT2D eigenvalue weighted by Crippen LogP contribution is -2.58. The zero-order valence-corrected chi connectivity index (χ0v) is 58.1. The number of phosphoric ester groups is 1. The van der Waals surface area contributed by atoms with E-state index in [1.54, 1.807) is 40.7 Å². The maximum absolute atomic E-state index is 16.0. The third-order valence-corrected chi connectivity index (χ3v) is 23.0. The van der Waals surface area contributed by atoms with Gasteiger partial charge in [-0.25, -0.2) is 14.3 Å². The van der Waals surface area contributed by atoms with Crippen molar-refractivity contribution in [2.24, 2.45) is 94.3 Å². The first-order valence-corrected chi connectivity index (χ1v) is 34.3. The number of piperazine rings is 1. The van der Waals surface area contributed by atoms with E-state index >= 15 is 4.79 Å². The Morgan fingerprint density at radius 1 is 0.867 bits per heavy atom. The summed E-state index contributed by atoms with van der Waals surface area (Å²) in [6, 6.07) is 2.39. The maximum Gasteiger partial charge on any atom is 0.472 e. The number of ether oxygens (including phenoxy) is 2. The molecule has 2 aromatic rings. The molecular weight excluding hydrogens is 1290 g/mol. The number of imidazole rings is 1. The number of aryl methyl sites for hydroxylation is 2. The summed E-state index contributed by atoms with van der Waals surface area (Å²) < 4.78 is 39.5. The number of rotatable bonds is 26. The smallest absolute Gasteiger partial charge is 0.472 e. The highest BCUT2D eigenvalue weighted by atomic mass is 31.2. The number of fused-ring (bicyclic) bond motifs is 7. The fraction of sp³-hybridized carbons (Fsp3) is 0.631. The van der Waals surface area contributed by atoms with Gasteiger partial charge in [-0.15, -0.1) is 4.91 Å². The molecule has 8 bridgehead atoms. The molecular formula is C65H92N16O16P-. The average Bonchev–Trinajstić information content (AvgIpc) is 1.52. The molecule has 15 atom stereocenters. The highest BCUT2D eigenvalue weighted by Gasteiger charge is 2.68. The summed E-state index contributed by atoms with van der Waals surface area (Å²) >= 11 is 0. The van der Waals surface area contributed by atoms with Crippen molar-refractivity contribution in [3.63, 3.8) is 0 Å². The number of aliphatic imine (C=N–C) groups is 3. The molecule has 7 aliphatic rings. The molecule has 7 amide bonds. The van der Waals surface area contributed by atoms with Gasteiger partial charge in [-0.2, -0.15) is 0 Å². The monoisotopic (exact) mass is 1380 g/mol. The molecule has 33 heteroatoms. The molecule has 7 aliphatic heterocycles. The van der Waals surface area contributed by atoms with E-state index in [1.807, 2.05) is 46.8 Å². The predicted octanol–water partition coefficient (Wildman–Crippen LogP) is 2.68. The molecule has 3 saturated heterocycles. The van der Waals surface area contributed by atoms with Crippen molar-refractivity contribution in [2.45, 2.75) is 176 Å². The highest BCUT2D eigenvalue weighted by molar-refractivity contribution is 7.47. The number of amides is 7. The second-order valence-electron chi connectivity index (χ2n) is 28.6. The fourth-order valence-corrected chi connectivity index (χ4v) is 17.3. The number of aromatic nitrogens is 2. The Bertz CT molecular complexity index is 3870. The third kappa shape index (κ3) is 13.9. The van der Waals surface area contributed by atoms with E-state index in [2.05, 4.69) is 20.9 Å². The fourth-order valence-electron chi connectivity index (χ4n) is 16.2. The van der Waals surface area contributed by atoms with Gasteiger partial charge < -0.3 is 78.8 Å².